The number of carbonyl (C=O) groups excluding carboxylic acids is 1. The Labute approximate surface area is 109 Å². The lowest BCUT2D eigenvalue weighted by molar-refractivity contribution is -0.140. The fraction of sp³-hybridized carbons (Fsp3) is 0.846. The third-order valence-corrected chi connectivity index (χ3v) is 3.17. The zero-order chi connectivity index (χ0) is 13.7. The van der Waals surface area contributed by atoms with Gasteiger partial charge in [0.05, 0.1) is 0 Å². The quantitative estimate of drug-likeness (QED) is 0.731. The number of aliphatic carboxylic acids is 1. The first kappa shape index (κ1) is 14.8. The summed E-state index contributed by atoms with van der Waals surface area (Å²) >= 11 is 0. The molecule has 0 bridgehead atoms. The number of carboxylic acid groups (broad SMARTS) is 1. The highest BCUT2D eigenvalue weighted by Gasteiger charge is 2.29. The van der Waals surface area contributed by atoms with Gasteiger partial charge in [0.15, 0.2) is 0 Å². The first-order valence-electron chi connectivity index (χ1n) is 6.74. The first-order chi connectivity index (χ1) is 8.45. The summed E-state index contributed by atoms with van der Waals surface area (Å²) in [4.78, 5) is 24.9. The van der Waals surface area contributed by atoms with Crippen LogP contribution in [0.2, 0.25) is 0 Å². The molecule has 2 N–H and O–H groups in total. The standard InChI is InChI=1S/C13H24N2O3/c1-4-7-15(8-10-5-6-10)13(18)14-11(9(2)3)12(16)17/h9-11H,4-8H2,1-3H3,(H,14,18)(H,16,17). The third-order valence-electron chi connectivity index (χ3n) is 3.17. The highest BCUT2D eigenvalue weighted by molar-refractivity contribution is 5.82. The van der Waals surface area contributed by atoms with Gasteiger partial charge in [-0.1, -0.05) is 20.8 Å². The summed E-state index contributed by atoms with van der Waals surface area (Å²) in [5.41, 5.74) is 0. The minimum Gasteiger partial charge on any atom is -0.480 e. The molecule has 0 saturated heterocycles. The number of hydrogen-bond donors (Lipinski definition) is 2. The van der Waals surface area contributed by atoms with Gasteiger partial charge in [-0.15, -0.1) is 0 Å². The molecule has 0 aromatic heterocycles. The van der Waals surface area contributed by atoms with Crippen LogP contribution in [-0.2, 0) is 4.79 Å². The van der Waals surface area contributed by atoms with Crippen molar-refractivity contribution in [1.82, 2.24) is 10.2 Å². The Hall–Kier alpha value is -1.26. The van der Waals surface area contributed by atoms with E-state index in [2.05, 4.69) is 5.32 Å². The van der Waals surface area contributed by atoms with Crippen molar-refractivity contribution < 1.29 is 14.7 Å². The first-order valence-corrected chi connectivity index (χ1v) is 6.74. The maximum Gasteiger partial charge on any atom is 0.326 e. The molecule has 0 aromatic carbocycles. The molecule has 5 heteroatoms. The molecule has 0 heterocycles. The van der Waals surface area contributed by atoms with Gasteiger partial charge in [0.1, 0.15) is 6.04 Å². The molecule has 1 fully saturated rings. The van der Waals surface area contributed by atoms with Gasteiger partial charge in [-0.3, -0.25) is 0 Å². The van der Waals surface area contributed by atoms with Crippen LogP contribution in [0.15, 0.2) is 0 Å². The van der Waals surface area contributed by atoms with Crippen LogP contribution >= 0.6 is 0 Å². The SMILES string of the molecule is CCCN(CC1CC1)C(=O)NC(C(=O)O)C(C)C. The van der Waals surface area contributed by atoms with E-state index in [-0.39, 0.29) is 11.9 Å². The largest absolute Gasteiger partial charge is 0.480 e. The molecular weight excluding hydrogens is 232 g/mol. The summed E-state index contributed by atoms with van der Waals surface area (Å²) in [7, 11) is 0. The number of rotatable bonds is 7. The van der Waals surface area contributed by atoms with Crippen LogP contribution in [-0.4, -0.2) is 41.1 Å². The highest BCUT2D eigenvalue weighted by Crippen LogP contribution is 2.29. The molecule has 0 aliphatic heterocycles. The van der Waals surface area contributed by atoms with Gasteiger partial charge >= 0.3 is 12.0 Å². The molecule has 2 amide bonds. The van der Waals surface area contributed by atoms with Gasteiger partial charge in [0.2, 0.25) is 0 Å². The van der Waals surface area contributed by atoms with Crippen molar-refractivity contribution in [3.05, 3.63) is 0 Å². The van der Waals surface area contributed by atoms with E-state index in [4.69, 9.17) is 5.11 Å². The summed E-state index contributed by atoms with van der Waals surface area (Å²) in [5.74, 6) is -0.471. The van der Waals surface area contributed by atoms with Gasteiger partial charge in [-0.25, -0.2) is 9.59 Å². The minimum absolute atomic E-state index is 0.115. The van der Waals surface area contributed by atoms with Crippen molar-refractivity contribution in [2.24, 2.45) is 11.8 Å². The van der Waals surface area contributed by atoms with Crippen molar-refractivity contribution in [3.63, 3.8) is 0 Å². The molecule has 5 nitrogen and oxygen atoms in total. The Morgan fingerprint density at radius 3 is 2.39 bits per heavy atom. The summed E-state index contributed by atoms with van der Waals surface area (Å²) in [6.07, 6.45) is 3.25. The molecule has 104 valence electrons. The Balaban J connectivity index is 2.54. The molecule has 18 heavy (non-hydrogen) atoms. The second-order valence-electron chi connectivity index (χ2n) is 5.40. The Morgan fingerprint density at radius 1 is 1.39 bits per heavy atom. The normalized spacial score (nSPS) is 16.4. The number of carboxylic acids is 1. The minimum atomic E-state index is -0.971. The Bertz CT molecular complexity index is 301. The number of carbonyl (C=O) groups is 2. The van der Waals surface area contributed by atoms with Crippen molar-refractivity contribution in [1.29, 1.82) is 0 Å². The van der Waals surface area contributed by atoms with E-state index in [1.807, 2.05) is 6.92 Å². The lowest BCUT2D eigenvalue weighted by Gasteiger charge is -2.26. The van der Waals surface area contributed by atoms with Crippen LogP contribution in [0, 0.1) is 11.8 Å². The summed E-state index contributed by atoms with van der Waals surface area (Å²) in [6, 6.07) is -1.05. The van der Waals surface area contributed by atoms with Crippen molar-refractivity contribution in [2.75, 3.05) is 13.1 Å². The van der Waals surface area contributed by atoms with Crippen LogP contribution in [0.3, 0.4) is 0 Å². The predicted molar refractivity (Wildman–Crippen MR) is 69.4 cm³/mol. The Kier molecular flexibility index (Phi) is 5.44. The lowest BCUT2D eigenvalue weighted by Crippen LogP contribution is -2.50. The van der Waals surface area contributed by atoms with E-state index in [9.17, 15) is 9.59 Å². The number of amides is 2. The van der Waals surface area contributed by atoms with Gasteiger partial charge in [-0.2, -0.15) is 0 Å². The third kappa shape index (κ3) is 4.55. The van der Waals surface area contributed by atoms with E-state index in [0.29, 0.717) is 12.5 Å². The van der Waals surface area contributed by atoms with Crippen LogP contribution in [0.1, 0.15) is 40.0 Å². The zero-order valence-corrected chi connectivity index (χ0v) is 11.5. The smallest absolute Gasteiger partial charge is 0.326 e. The van der Waals surface area contributed by atoms with E-state index in [1.165, 1.54) is 12.8 Å². The molecule has 0 aromatic rings. The fourth-order valence-corrected chi connectivity index (χ4v) is 1.90. The summed E-state index contributed by atoms with van der Waals surface area (Å²) < 4.78 is 0. The number of urea groups is 1. The van der Waals surface area contributed by atoms with Crippen LogP contribution in [0.5, 0.6) is 0 Å². The average Bonchev–Trinajstić information content (AvgIpc) is 3.07. The molecule has 0 spiro atoms. The maximum atomic E-state index is 12.1. The van der Waals surface area contributed by atoms with Gasteiger partial charge < -0.3 is 15.3 Å². The van der Waals surface area contributed by atoms with Crippen molar-refractivity contribution in [3.8, 4) is 0 Å². The molecule has 1 rings (SSSR count). The molecule has 1 aliphatic rings. The molecular formula is C13H24N2O3. The van der Waals surface area contributed by atoms with Gasteiger partial charge in [0, 0.05) is 13.1 Å². The predicted octanol–water partition coefficient (Wildman–Crippen LogP) is 1.93. The summed E-state index contributed by atoms with van der Waals surface area (Å²) in [5, 5.41) is 11.7. The highest BCUT2D eigenvalue weighted by atomic mass is 16.4. The second kappa shape index (κ2) is 6.61. The fourth-order valence-electron chi connectivity index (χ4n) is 1.90. The molecule has 0 radical (unpaired) electrons. The van der Waals surface area contributed by atoms with Crippen molar-refractivity contribution >= 4 is 12.0 Å². The van der Waals surface area contributed by atoms with E-state index >= 15 is 0 Å². The van der Waals surface area contributed by atoms with Crippen molar-refractivity contribution in [2.45, 2.75) is 46.1 Å². The number of nitrogens with one attached hydrogen (secondary N) is 1. The van der Waals surface area contributed by atoms with Crippen LogP contribution < -0.4 is 5.32 Å². The molecule has 1 saturated carbocycles. The molecule has 1 atom stereocenters. The van der Waals surface area contributed by atoms with Gasteiger partial charge in [-0.05, 0) is 31.1 Å². The second-order valence-corrected chi connectivity index (χ2v) is 5.40. The van der Waals surface area contributed by atoms with Gasteiger partial charge in [0.25, 0.3) is 0 Å². The number of hydrogen-bond acceptors (Lipinski definition) is 2. The number of nitrogens with zero attached hydrogens (tertiary/aromatic N) is 1. The Morgan fingerprint density at radius 2 is 2.00 bits per heavy atom. The monoisotopic (exact) mass is 256 g/mol. The van der Waals surface area contributed by atoms with E-state index < -0.39 is 12.0 Å². The summed E-state index contributed by atoms with van der Waals surface area (Å²) in [6.45, 7) is 7.05. The average molecular weight is 256 g/mol. The topological polar surface area (TPSA) is 69.6 Å². The van der Waals surface area contributed by atoms with Crippen LogP contribution in [0.4, 0.5) is 4.79 Å². The zero-order valence-electron chi connectivity index (χ0n) is 11.5. The van der Waals surface area contributed by atoms with Crippen LogP contribution in [0.25, 0.3) is 0 Å². The molecule has 1 aliphatic carbocycles. The molecule has 1 unspecified atom stereocenters. The van der Waals surface area contributed by atoms with E-state index in [0.717, 1.165) is 13.0 Å². The van der Waals surface area contributed by atoms with E-state index in [1.54, 1.807) is 18.7 Å². The lowest BCUT2D eigenvalue weighted by atomic mass is 10.1. The maximum absolute atomic E-state index is 12.1.